The highest BCUT2D eigenvalue weighted by Gasteiger charge is 2.28. The van der Waals surface area contributed by atoms with Gasteiger partial charge in [0.15, 0.2) is 5.96 Å². The van der Waals surface area contributed by atoms with Gasteiger partial charge in [-0.3, -0.25) is 4.99 Å². The van der Waals surface area contributed by atoms with Gasteiger partial charge >= 0.3 is 0 Å². The molecule has 1 aromatic carbocycles. The van der Waals surface area contributed by atoms with Crippen LogP contribution in [0.3, 0.4) is 0 Å². The van der Waals surface area contributed by atoms with Gasteiger partial charge in [-0.2, -0.15) is 0 Å². The molecular weight excluding hydrogens is 413 g/mol. The first kappa shape index (κ1) is 21.2. The van der Waals surface area contributed by atoms with Gasteiger partial charge in [0.2, 0.25) is 0 Å². The van der Waals surface area contributed by atoms with Gasteiger partial charge in [-0.05, 0) is 36.7 Å². The summed E-state index contributed by atoms with van der Waals surface area (Å²) in [6, 6.07) is 10.9. The number of guanidine groups is 1. The average molecular weight is 445 g/mol. The van der Waals surface area contributed by atoms with E-state index in [0.717, 1.165) is 32.0 Å². The van der Waals surface area contributed by atoms with Gasteiger partial charge in [-0.1, -0.05) is 44.2 Å². The third-order valence-electron chi connectivity index (χ3n) is 4.63. The molecule has 24 heavy (non-hydrogen) atoms. The molecule has 5 heteroatoms. The lowest BCUT2D eigenvalue weighted by Gasteiger charge is -2.39. The third kappa shape index (κ3) is 5.92. The van der Waals surface area contributed by atoms with E-state index >= 15 is 0 Å². The van der Waals surface area contributed by atoms with E-state index < -0.39 is 0 Å². The van der Waals surface area contributed by atoms with Crippen molar-refractivity contribution in [2.45, 2.75) is 33.1 Å². The SMILES string of the molecule is CCNC(=NCC(C)CO)N1CCC(c2ccccc2)C(C)C1.I. The van der Waals surface area contributed by atoms with E-state index in [1.165, 1.54) is 5.56 Å². The molecule has 136 valence electrons. The first-order chi connectivity index (χ1) is 11.2. The van der Waals surface area contributed by atoms with Gasteiger partial charge < -0.3 is 15.3 Å². The Kier molecular flexibility index (Phi) is 9.66. The zero-order chi connectivity index (χ0) is 16.7. The predicted molar refractivity (Wildman–Crippen MR) is 112 cm³/mol. The number of likely N-dealkylation sites (tertiary alicyclic amines) is 1. The highest BCUT2D eigenvalue weighted by molar-refractivity contribution is 14.0. The lowest BCUT2D eigenvalue weighted by Crippen LogP contribution is -2.48. The topological polar surface area (TPSA) is 47.9 Å². The molecule has 4 nitrogen and oxygen atoms in total. The molecule has 0 aliphatic carbocycles. The third-order valence-corrected chi connectivity index (χ3v) is 4.63. The maximum atomic E-state index is 9.19. The summed E-state index contributed by atoms with van der Waals surface area (Å²) in [4.78, 5) is 7.08. The van der Waals surface area contributed by atoms with Crippen LogP contribution in [0.4, 0.5) is 0 Å². The Balaban J connectivity index is 0.00000288. The fourth-order valence-corrected chi connectivity index (χ4v) is 3.26. The molecule has 0 spiro atoms. The van der Waals surface area contributed by atoms with Crippen LogP contribution in [-0.4, -0.2) is 48.8 Å². The normalized spacial score (nSPS) is 22.7. The van der Waals surface area contributed by atoms with E-state index in [9.17, 15) is 5.11 Å². The summed E-state index contributed by atoms with van der Waals surface area (Å²) in [7, 11) is 0. The number of rotatable bonds is 5. The minimum atomic E-state index is 0. The van der Waals surface area contributed by atoms with Gasteiger partial charge in [0.05, 0.1) is 0 Å². The van der Waals surface area contributed by atoms with Gasteiger partial charge in [0.1, 0.15) is 0 Å². The molecule has 1 aromatic rings. The quantitative estimate of drug-likeness (QED) is 0.416. The second kappa shape index (κ2) is 10.9. The van der Waals surface area contributed by atoms with Crippen LogP contribution in [0.15, 0.2) is 35.3 Å². The summed E-state index contributed by atoms with van der Waals surface area (Å²) < 4.78 is 0. The van der Waals surface area contributed by atoms with Crippen LogP contribution in [0.2, 0.25) is 0 Å². The molecule has 2 rings (SSSR count). The van der Waals surface area contributed by atoms with Crippen molar-refractivity contribution in [1.82, 2.24) is 10.2 Å². The Hall–Kier alpha value is -0.820. The van der Waals surface area contributed by atoms with Crippen molar-refractivity contribution in [3.05, 3.63) is 35.9 Å². The van der Waals surface area contributed by atoms with Crippen LogP contribution in [0.1, 0.15) is 38.7 Å². The van der Waals surface area contributed by atoms with E-state index in [4.69, 9.17) is 4.99 Å². The molecule has 0 bridgehead atoms. The van der Waals surface area contributed by atoms with Crippen molar-refractivity contribution in [2.24, 2.45) is 16.8 Å². The van der Waals surface area contributed by atoms with E-state index in [1.54, 1.807) is 0 Å². The summed E-state index contributed by atoms with van der Waals surface area (Å²) in [6.45, 7) is 10.3. The van der Waals surface area contributed by atoms with Crippen LogP contribution >= 0.6 is 24.0 Å². The number of nitrogens with one attached hydrogen (secondary N) is 1. The van der Waals surface area contributed by atoms with Gasteiger partial charge in [-0.25, -0.2) is 0 Å². The number of piperidine rings is 1. The lowest BCUT2D eigenvalue weighted by molar-refractivity contribution is 0.230. The number of aliphatic hydroxyl groups excluding tert-OH is 1. The van der Waals surface area contributed by atoms with Crippen molar-refractivity contribution >= 4 is 29.9 Å². The van der Waals surface area contributed by atoms with Crippen LogP contribution in [0.25, 0.3) is 0 Å². The zero-order valence-electron chi connectivity index (χ0n) is 15.1. The molecule has 3 atom stereocenters. The fourth-order valence-electron chi connectivity index (χ4n) is 3.26. The van der Waals surface area contributed by atoms with E-state index in [1.807, 2.05) is 6.92 Å². The molecule has 1 saturated heterocycles. The number of hydrogen-bond acceptors (Lipinski definition) is 2. The largest absolute Gasteiger partial charge is 0.396 e. The van der Waals surface area contributed by atoms with Gasteiger partial charge in [0, 0.05) is 32.8 Å². The van der Waals surface area contributed by atoms with Gasteiger partial charge in [-0.15, -0.1) is 24.0 Å². The van der Waals surface area contributed by atoms with E-state index in [0.29, 0.717) is 18.4 Å². The van der Waals surface area contributed by atoms with Crippen molar-refractivity contribution in [1.29, 1.82) is 0 Å². The zero-order valence-corrected chi connectivity index (χ0v) is 17.4. The standard InChI is InChI=1S/C19H31N3O.HI/c1-4-20-19(21-12-15(2)14-23)22-11-10-18(16(3)13-22)17-8-6-5-7-9-17;/h5-9,15-16,18,23H,4,10-14H2,1-3H3,(H,20,21);1H. The van der Waals surface area contributed by atoms with Crippen LogP contribution in [-0.2, 0) is 0 Å². The Morgan fingerprint density at radius 1 is 1.38 bits per heavy atom. The molecule has 0 aromatic heterocycles. The number of benzene rings is 1. The molecule has 1 aliphatic rings. The first-order valence-electron chi connectivity index (χ1n) is 8.84. The second-order valence-electron chi connectivity index (χ2n) is 6.71. The molecule has 0 amide bonds. The Morgan fingerprint density at radius 2 is 2.08 bits per heavy atom. The number of halogens is 1. The van der Waals surface area contributed by atoms with Crippen molar-refractivity contribution < 1.29 is 5.11 Å². The molecule has 0 saturated carbocycles. The summed E-state index contributed by atoms with van der Waals surface area (Å²) >= 11 is 0. The Labute approximate surface area is 163 Å². The maximum absolute atomic E-state index is 9.19. The molecule has 1 aliphatic heterocycles. The average Bonchev–Trinajstić information content (AvgIpc) is 2.59. The highest BCUT2D eigenvalue weighted by Crippen LogP contribution is 2.32. The minimum Gasteiger partial charge on any atom is -0.396 e. The number of aliphatic hydroxyl groups is 1. The number of nitrogens with zero attached hydrogens (tertiary/aromatic N) is 2. The fraction of sp³-hybridized carbons (Fsp3) is 0.632. The van der Waals surface area contributed by atoms with Crippen LogP contribution in [0, 0.1) is 11.8 Å². The van der Waals surface area contributed by atoms with Crippen molar-refractivity contribution in [2.75, 3.05) is 32.8 Å². The summed E-state index contributed by atoms with van der Waals surface area (Å²) in [5.74, 6) is 2.44. The molecular formula is C19H32IN3O. The summed E-state index contributed by atoms with van der Waals surface area (Å²) in [5.41, 5.74) is 1.45. The first-order valence-corrected chi connectivity index (χ1v) is 8.84. The second-order valence-corrected chi connectivity index (χ2v) is 6.71. The van der Waals surface area contributed by atoms with Crippen molar-refractivity contribution in [3.8, 4) is 0 Å². The molecule has 1 heterocycles. The summed E-state index contributed by atoms with van der Waals surface area (Å²) in [5, 5.41) is 12.6. The monoisotopic (exact) mass is 445 g/mol. The predicted octanol–water partition coefficient (Wildman–Crippen LogP) is 3.32. The van der Waals surface area contributed by atoms with Gasteiger partial charge in [0.25, 0.3) is 0 Å². The van der Waals surface area contributed by atoms with E-state index in [2.05, 4.69) is 54.4 Å². The Bertz CT molecular complexity index is 495. The lowest BCUT2D eigenvalue weighted by atomic mass is 9.82. The molecule has 1 fully saturated rings. The van der Waals surface area contributed by atoms with Crippen molar-refractivity contribution in [3.63, 3.8) is 0 Å². The Morgan fingerprint density at radius 3 is 2.67 bits per heavy atom. The highest BCUT2D eigenvalue weighted by atomic mass is 127. The number of hydrogen-bond donors (Lipinski definition) is 2. The summed E-state index contributed by atoms with van der Waals surface area (Å²) in [6.07, 6.45) is 1.16. The van der Waals surface area contributed by atoms with Crippen LogP contribution in [0.5, 0.6) is 0 Å². The maximum Gasteiger partial charge on any atom is 0.193 e. The molecule has 2 N–H and O–H groups in total. The number of aliphatic imine (C=N–C) groups is 1. The molecule has 0 radical (unpaired) electrons. The molecule has 3 unspecified atom stereocenters. The minimum absolute atomic E-state index is 0. The smallest absolute Gasteiger partial charge is 0.193 e. The van der Waals surface area contributed by atoms with E-state index in [-0.39, 0.29) is 36.5 Å². The van der Waals surface area contributed by atoms with Crippen LogP contribution < -0.4 is 5.32 Å².